The Hall–Kier alpha value is -0.810. The first kappa shape index (κ1) is 15.6. The molecule has 1 aromatic rings. The molecule has 2 aliphatic heterocycles. The molecule has 2 aliphatic rings. The first-order valence-electron chi connectivity index (χ1n) is 6.67. The fraction of sp³-hybridized carbons (Fsp3) is 0.500. The minimum absolute atomic E-state index is 0. The second kappa shape index (κ2) is 5.90. The number of benzene rings is 1. The SMILES string of the molecule is Cl.NCC(=O)N1CC2(CCNCC2)c2cc(Cl)ccc21. The van der Waals surface area contributed by atoms with E-state index >= 15 is 0 Å². The third-order valence-corrected chi connectivity index (χ3v) is 4.55. The maximum atomic E-state index is 12.0. The summed E-state index contributed by atoms with van der Waals surface area (Å²) in [6.45, 7) is 2.75. The molecule has 0 unspecified atom stereocenters. The van der Waals surface area contributed by atoms with Gasteiger partial charge in [-0.25, -0.2) is 0 Å². The highest BCUT2D eigenvalue weighted by Crippen LogP contribution is 2.46. The van der Waals surface area contributed by atoms with Crippen LogP contribution in [0.25, 0.3) is 0 Å². The van der Waals surface area contributed by atoms with Crippen LogP contribution in [-0.2, 0) is 10.2 Å². The normalized spacial score (nSPS) is 19.6. The molecule has 4 nitrogen and oxygen atoms in total. The number of anilines is 1. The Morgan fingerprint density at radius 3 is 2.75 bits per heavy atom. The molecule has 0 atom stereocenters. The van der Waals surface area contributed by atoms with Gasteiger partial charge in [0.2, 0.25) is 5.91 Å². The van der Waals surface area contributed by atoms with E-state index in [1.807, 2.05) is 23.1 Å². The summed E-state index contributed by atoms with van der Waals surface area (Å²) >= 11 is 6.14. The minimum atomic E-state index is -0.0148. The number of carbonyl (C=O) groups excluding carboxylic acids is 1. The van der Waals surface area contributed by atoms with Crippen molar-refractivity contribution in [1.82, 2.24) is 5.32 Å². The number of nitrogens with two attached hydrogens (primary N) is 1. The summed E-state index contributed by atoms with van der Waals surface area (Å²) in [6.07, 6.45) is 2.07. The molecule has 1 fully saturated rings. The van der Waals surface area contributed by atoms with Crippen molar-refractivity contribution in [2.24, 2.45) is 5.73 Å². The number of hydrogen-bond donors (Lipinski definition) is 2. The van der Waals surface area contributed by atoms with Crippen molar-refractivity contribution >= 4 is 35.6 Å². The van der Waals surface area contributed by atoms with E-state index in [0.717, 1.165) is 43.2 Å². The molecular weight excluding hydrogens is 297 g/mol. The van der Waals surface area contributed by atoms with E-state index in [1.54, 1.807) is 0 Å². The molecule has 0 radical (unpaired) electrons. The molecule has 2 heterocycles. The number of rotatable bonds is 1. The number of hydrogen-bond acceptors (Lipinski definition) is 3. The van der Waals surface area contributed by atoms with Gasteiger partial charge in [0, 0.05) is 22.7 Å². The molecule has 1 saturated heterocycles. The van der Waals surface area contributed by atoms with Gasteiger partial charge in [-0.05, 0) is 49.7 Å². The molecule has 1 aromatic carbocycles. The highest BCUT2D eigenvalue weighted by Gasteiger charge is 2.44. The van der Waals surface area contributed by atoms with Crippen molar-refractivity contribution < 1.29 is 4.79 Å². The highest BCUT2D eigenvalue weighted by molar-refractivity contribution is 6.30. The molecule has 0 bridgehead atoms. The van der Waals surface area contributed by atoms with Crippen LogP contribution in [0.3, 0.4) is 0 Å². The Morgan fingerprint density at radius 1 is 1.40 bits per heavy atom. The van der Waals surface area contributed by atoms with Gasteiger partial charge < -0.3 is 16.0 Å². The van der Waals surface area contributed by atoms with E-state index in [1.165, 1.54) is 5.56 Å². The van der Waals surface area contributed by atoms with Gasteiger partial charge in [0.15, 0.2) is 0 Å². The summed E-state index contributed by atoms with van der Waals surface area (Å²) in [4.78, 5) is 13.9. The van der Waals surface area contributed by atoms with Crippen molar-refractivity contribution in [3.8, 4) is 0 Å². The number of carbonyl (C=O) groups is 1. The van der Waals surface area contributed by atoms with Gasteiger partial charge in [-0.15, -0.1) is 12.4 Å². The van der Waals surface area contributed by atoms with Crippen LogP contribution < -0.4 is 16.0 Å². The highest BCUT2D eigenvalue weighted by atomic mass is 35.5. The van der Waals surface area contributed by atoms with E-state index < -0.39 is 0 Å². The molecule has 6 heteroatoms. The van der Waals surface area contributed by atoms with E-state index in [2.05, 4.69) is 5.32 Å². The molecule has 1 spiro atoms. The van der Waals surface area contributed by atoms with Crippen LogP contribution in [0, 0.1) is 0 Å². The molecule has 3 N–H and O–H groups in total. The summed E-state index contributed by atoms with van der Waals surface area (Å²) < 4.78 is 0. The van der Waals surface area contributed by atoms with Crippen LogP contribution >= 0.6 is 24.0 Å². The molecule has 1 amide bonds. The minimum Gasteiger partial charge on any atom is -0.322 e. The van der Waals surface area contributed by atoms with Gasteiger partial charge in [0.1, 0.15) is 0 Å². The standard InChI is InChI=1S/C14H18ClN3O.ClH/c15-10-1-2-12-11(7-10)14(3-5-17-6-4-14)9-18(12)13(19)8-16;/h1-2,7,17H,3-6,8-9,16H2;1H. The Balaban J connectivity index is 0.00000147. The Kier molecular flexibility index (Phi) is 4.59. The Bertz CT molecular complexity index is 515. The quantitative estimate of drug-likeness (QED) is 0.829. The number of amides is 1. The molecule has 0 aliphatic carbocycles. The number of nitrogens with zero attached hydrogens (tertiary/aromatic N) is 1. The van der Waals surface area contributed by atoms with Gasteiger partial charge in [-0.1, -0.05) is 11.6 Å². The van der Waals surface area contributed by atoms with Crippen molar-refractivity contribution in [3.05, 3.63) is 28.8 Å². The van der Waals surface area contributed by atoms with Crippen molar-refractivity contribution in [1.29, 1.82) is 0 Å². The summed E-state index contributed by atoms with van der Waals surface area (Å²) in [5.74, 6) is -0.0148. The van der Waals surface area contributed by atoms with E-state index in [4.69, 9.17) is 17.3 Å². The Labute approximate surface area is 130 Å². The number of piperidine rings is 1. The van der Waals surface area contributed by atoms with Crippen molar-refractivity contribution in [2.75, 3.05) is 31.1 Å². The zero-order valence-electron chi connectivity index (χ0n) is 11.2. The lowest BCUT2D eigenvalue weighted by atomic mass is 9.75. The van der Waals surface area contributed by atoms with Gasteiger partial charge in [0.25, 0.3) is 0 Å². The topological polar surface area (TPSA) is 58.4 Å². The largest absolute Gasteiger partial charge is 0.322 e. The lowest BCUT2D eigenvalue weighted by molar-refractivity contribution is -0.117. The van der Waals surface area contributed by atoms with Crippen molar-refractivity contribution in [2.45, 2.75) is 18.3 Å². The second-order valence-corrected chi connectivity index (χ2v) is 5.81. The van der Waals surface area contributed by atoms with E-state index in [0.29, 0.717) is 0 Å². The lowest BCUT2D eigenvalue weighted by Crippen LogP contribution is -2.45. The van der Waals surface area contributed by atoms with Crippen LogP contribution in [0.4, 0.5) is 5.69 Å². The van der Waals surface area contributed by atoms with Crippen molar-refractivity contribution in [3.63, 3.8) is 0 Å². The van der Waals surface area contributed by atoms with Gasteiger partial charge in [-0.3, -0.25) is 4.79 Å². The zero-order valence-corrected chi connectivity index (χ0v) is 12.8. The van der Waals surface area contributed by atoms with Crippen LogP contribution in [0.1, 0.15) is 18.4 Å². The Morgan fingerprint density at radius 2 is 2.10 bits per heavy atom. The molecule has 0 aromatic heterocycles. The summed E-state index contributed by atoms with van der Waals surface area (Å²) in [7, 11) is 0. The lowest BCUT2D eigenvalue weighted by Gasteiger charge is -2.34. The smallest absolute Gasteiger partial charge is 0.240 e. The molecule has 20 heavy (non-hydrogen) atoms. The molecule has 3 rings (SSSR count). The van der Waals surface area contributed by atoms with Crippen LogP contribution in [0.15, 0.2) is 18.2 Å². The van der Waals surface area contributed by atoms with Crippen LogP contribution in [0.2, 0.25) is 5.02 Å². The monoisotopic (exact) mass is 315 g/mol. The maximum absolute atomic E-state index is 12.0. The predicted molar refractivity (Wildman–Crippen MR) is 83.9 cm³/mol. The van der Waals surface area contributed by atoms with Crippen LogP contribution in [0.5, 0.6) is 0 Å². The average Bonchev–Trinajstić information content (AvgIpc) is 2.73. The van der Waals surface area contributed by atoms with E-state index in [-0.39, 0.29) is 30.3 Å². The summed E-state index contributed by atoms with van der Waals surface area (Å²) in [5.41, 5.74) is 7.78. The van der Waals surface area contributed by atoms with Gasteiger partial charge >= 0.3 is 0 Å². The fourth-order valence-electron chi connectivity index (χ4n) is 3.31. The third-order valence-electron chi connectivity index (χ3n) is 4.32. The first-order chi connectivity index (χ1) is 9.16. The molecular formula is C14H19Cl2N3O. The molecule has 110 valence electrons. The first-order valence-corrected chi connectivity index (χ1v) is 7.05. The predicted octanol–water partition coefficient (Wildman–Crippen LogP) is 1.69. The number of halogens is 2. The van der Waals surface area contributed by atoms with Gasteiger partial charge in [-0.2, -0.15) is 0 Å². The second-order valence-electron chi connectivity index (χ2n) is 5.38. The maximum Gasteiger partial charge on any atom is 0.240 e. The number of nitrogens with one attached hydrogen (secondary N) is 1. The summed E-state index contributed by atoms with van der Waals surface area (Å²) in [6, 6.07) is 5.81. The molecule has 0 saturated carbocycles. The summed E-state index contributed by atoms with van der Waals surface area (Å²) in [5, 5.41) is 4.11. The van der Waals surface area contributed by atoms with E-state index in [9.17, 15) is 4.79 Å². The fourth-order valence-corrected chi connectivity index (χ4v) is 3.48. The number of fused-ring (bicyclic) bond motifs is 2. The third kappa shape index (κ3) is 2.42. The average molecular weight is 316 g/mol. The van der Waals surface area contributed by atoms with Gasteiger partial charge in [0.05, 0.1) is 6.54 Å². The zero-order chi connectivity index (χ0) is 13.5. The van der Waals surface area contributed by atoms with Crippen LogP contribution in [-0.4, -0.2) is 32.1 Å².